The molecule has 0 aliphatic carbocycles. The van der Waals surface area contributed by atoms with E-state index in [1.165, 1.54) is 0 Å². The van der Waals surface area contributed by atoms with Gasteiger partial charge in [-0.2, -0.15) is 0 Å². The second-order valence-corrected chi connectivity index (χ2v) is 4.32. The van der Waals surface area contributed by atoms with Crippen LogP contribution in [-0.2, 0) is 0 Å². The Bertz CT molecular complexity index is 129. The van der Waals surface area contributed by atoms with Gasteiger partial charge < -0.3 is 0 Å². The standard InChI is InChI=1S/C10H20BrF2N/c1-3-9(4-2)7-14(6-5-11)8-10(12)13/h9-10H,3-8H2,1-2H3. The molecule has 0 heterocycles. The molecule has 0 aliphatic rings. The lowest BCUT2D eigenvalue weighted by molar-refractivity contribution is 0.0825. The van der Waals surface area contributed by atoms with Gasteiger partial charge in [0, 0.05) is 18.4 Å². The fourth-order valence-corrected chi connectivity index (χ4v) is 1.99. The van der Waals surface area contributed by atoms with E-state index in [0.29, 0.717) is 12.5 Å². The Morgan fingerprint density at radius 3 is 2.07 bits per heavy atom. The fourth-order valence-electron chi connectivity index (χ4n) is 1.48. The quantitative estimate of drug-likeness (QED) is 0.612. The highest BCUT2D eigenvalue weighted by Crippen LogP contribution is 2.11. The van der Waals surface area contributed by atoms with Crippen LogP contribution in [0.2, 0.25) is 0 Å². The number of nitrogens with zero attached hydrogens (tertiary/aromatic N) is 1. The molecule has 0 saturated heterocycles. The van der Waals surface area contributed by atoms with E-state index in [2.05, 4.69) is 29.8 Å². The van der Waals surface area contributed by atoms with Gasteiger partial charge in [0.15, 0.2) is 0 Å². The Labute approximate surface area is 94.0 Å². The lowest BCUT2D eigenvalue weighted by Gasteiger charge is -2.25. The van der Waals surface area contributed by atoms with Crippen molar-refractivity contribution >= 4 is 15.9 Å². The summed E-state index contributed by atoms with van der Waals surface area (Å²) >= 11 is 3.29. The summed E-state index contributed by atoms with van der Waals surface area (Å²) in [5.74, 6) is 0.549. The molecule has 0 aliphatic heterocycles. The molecule has 1 nitrogen and oxygen atoms in total. The van der Waals surface area contributed by atoms with Crippen molar-refractivity contribution in [2.75, 3.05) is 25.0 Å². The molecule has 0 fully saturated rings. The predicted octanol–water partition coefficient (Wildman–Crippen LogP) is 3.38. The molecule has 14 heavy (non-hydrogen) atoms. The van der Waals surface area contributed by atoms with E-state index in [9.17, 15) is 8.78 Å². The highest BCUT2D eigenvalue weighted by molar-refractivity contribution is 9.09. The van der Waals surface area contributed by atoms with E-state index < -0.39 is 6.43 Å². The molecular formula is C10H20BrF2N. The van der Waals surface area contributed by atoms with Crippen LogP contribution in [0, 0.1) is 5.92 Å². The van der Waals surface area contributed by atoms with Crippen LogP contribution in [0.4, 0.5) is 8.78 Å². The van der Waals surface area contributed by atoms with Crippen molar-refractivity contribution in [2.45, 2.75) is 33.1 Å². The van der Waals surface area contributed by atoms with Gasteiger partial charge in [-0.1, -0.05) is 42.6 Å². The van der Waals surface area contributed by atoms with Crippen LogP contribution in [0.25, 0.3) is 0 Å². The number of hydrogen-bond donors (Lipinski definition) is 0. The van der Waals surface area contributed by atoms with Crippen LogP contribution in [0.15, 0.2) is 0 Å². The molecule has 0 aromatic carbocycles. The summed E-state index contributed by atoms with van der Waals surface area (Å²) in [4.78, 5) is 1.84. The van der Waals surface area contributed by atoms with Crippen LogP contribution in [-0.4, -0.2) is 36.3 Å². The van der Waals surface area contributed by atoms with Gasteiger partial charge in [-0.15, -0.1) is 0 Å². The first-order valence-corrected chi connectivity index (χ1v) is 6.32. The summed E-state index contributed by atoms with van der Waals surface area (Å²) in [5, 5.41) is 0.764. The predicted molar refractivity (Wildman–Crippen MR) is 60.3 cm³/mol. The Kier molecular flexibility index (Phi) is 8.78. The molecule has 0 radical (unpaired) electrons. The summed E-state index contributed by atoms with van der Waals surface area (Å²) in [6.45, 7) is 5.64. The Hall–Kier alpha value is 0.300. The second-order valence-electron chi connectivity index (χ2n) is 3.52. The number of hydrogen-bond acceptors (Lipinski definition) is 1. The average molecular weight is 272 g/mol. The zero-order chi connectivity index (χ0) is 11.0. The van der Waals surface area contributed by atoms with Gasteiger partial charge in [0.1, 0.15) is 0 Å². The Morgan fingerprint density at radius 2 is 1.71 bits per heavy atom. The third-order valence-corrected chi connectivity index (χ3v) is 2.82. The first-order valence-electron chi connectivity index (χ1n) is 5.20. The van der Waals surface area contributed by atoms with Gasteiger partial charge in [0.2, 0.25) is 0 Å². The number of alkyl halides is 3. The topological polar surface area (TPSA) is 3.24 Å². The lowest BCUT2D eigenvalue weighted by atomic mass is 10.0. The second kappa shape index (κ2) is 8.60. The van der Waals surface area contributed by atoms with E-state index in [1.54, 1.807) is 0 Å². The average Bonchev–Trinajstić information content (AvgIpc) is 2.13. The molecule has 0 spiro atoms. The summed E-state index contributed by atoms with van der Waals surface area (Å²) < 4.78 is 24.4. The molecule has 0 N–H and O–H groups in total. The van der Waals surface area contributed by atoms with Crippen LogP contribution in [0.1, 0.15) is 26.7 Å². The van der Waals surface area contributed by atoms with Crippen molar-refractivity contribution in [1.29, 1.82) is 0 Å². The van der Waals surface area contributed by atoms with Crippen molar-refractivity contribution in [1.82, 2.24) is 4.90 Å². The molecule has 86 valence electrons. The summed E-state index contributed by atoms with van der Waals surface area (Å²) in [5.41, 5.74) is 0. The van der Waals surface area contributed by atoms with Crippen LogP contribution in [0.3, 0.4) is 0 Å². The van der Waals surface area contributed by atoms with Crippen molar-refractivity contribution in [2.24, 2.45) is 5.92 Å². The molecule has 0 bridgehead atoms. The first kappa shape index (κ1) is 14.3. The van der Waals surface area contributed by atoms with E-state index in [0.717, 1.165) is 24.7 Å². The maximum Gasteiger partial charge on any atom is 0.251 e. The molecule has 0 unspecified atom stereocenters. The Morgan fingerprint density at radius 1 is 1.14 bits per heavy atom. The van der Waals surface area contributed by atoms with Gasteiger partial charge in [0.05, 0.1) is 6.54 Å². The summed E-state index contributed by atoms with van der Waals surface area (Å²) in [7, 11) is 0. The molecular weight excluding hydrogens is 252 g/mol. The molecule has 0 saturated carbocycles. The van der Waals surface area contributed by atoms with Crippen LogP contribution < -0.4 is 0 Å². The monoisotopic (exact) mass is 271 g/mol. The van der Waals surface area contributed by atoms with E-state index in [1.807, 2.05) is 4.90 Å². The van der Waals surface area contributed by atoms with Gasteiger partial charge in [-0.3, -0.25) is 4.90 Å². The zero-order valence-corrected chi connectivity index (χ0v) is 10.6. The first-order chi connectivity index (χ1) is 6.63. The highest BCUT2D eigenvalue weighted by atomic mass is 79.9. The van der Waals surface area contributed by atoms with Crippen molar-refractivity contribution in [3.05, 3.63) is 0 Å². The minimum Gasteiger partial charge on any atom is -0.297 e. The van der Waals surface area contributed by atoms with E-state index >= 15 is 0 Å². The lowest BCUT2D eigenvalue weighted by Crippen LogP contribution is -2.34. The molecule has 0 rings (SSSR count). The van der Waals surface area contributed by atoms with Gasteiger partial charge >= 0.3 is 0 Å². The van der Waals surface area contributed by atoms with E-state index in [-0.39, 0.29) is 6.54 Å². The molecule has 0 amide bonds. The smallest absolute Gasteiger partial charge is 0.251 e. The third-order valence-electron chi connectivity index (χ3n) is 2.47. The SMILES string of the molecule is CCC(CC)CN(CCBr)CC(F)F. The normalized spacial score (nSPS) is 12.0. The van der Waals surface area contributed by atoms with Gasteiger partial charge in [0.25, 0.3) is 6.43 Å². The molecule has 0 atom stereocenters. The minimum atomic E-state index is -2.22. The third kappa shape index (κ3) is 6.71. The maximum atomic E-state index is 12.2. The van der Waals surface area contributed by atoms with Crippen molar-refractivity contribution in [3.63, 3.8) is 0 Å². The number of halogens is 3. The Balaban J connectivity index is 3.92. The molecule has 0 aromatic heterocycles. The minimum absolute atomic E-state index is 0.0951. The summed E-state index contributed by atoms with van der Waals surface area (Å²) in [6.07, 6.45) is -0.0831. The van der Waals surface area contributed by atoms with Crippen LogP contribution in [0.5, 0.6) is 0 Å². The fraction of sp³-hybridized carbons (Fsp3) is 1.00. The molecule has 4 heteroatoms. The van der Waals surface area contributed by atoms with Crippen LogP contribution >= 0.6 is 15.9 Å². The van der Waals surface area contributed by atoms with E-state index in [4.69, 9.17) is 0 Å². The largest absolute Gasteiger partial charge is 0.297 e. The van der Waals surface area contributed by atoms with Crippen molar-refractivity contribution in [3.8, 4) is 0 Å². The van der Waals surface area contributed by atoms with Gasteiger partial charge in [-0.05, 0) is 5.92 Å². The maximum absolute atomic E-state index is 12.2. The van der Waals surface area contributed by atoms with Crippen molar-refractivity contribution < 1.29 is 8.78 Å². The van der Waals surface area contributed by atoms with Gasteiger partial charge in [-0.25, -0.2) is 8.78 Å². The molecule has 0 aromatic rings. The summed E-state index contributed by atoms with van der Waals surface area (Å²) in [6, 6.07) is 0. The highest BCUT2D eigenvalue weighted by Gasteiger charge is 2.14. The zero-order valence-electron chi connectivity index (χ0n) is 8.98. The number of rotatable bonds is 8.